The van der Waals surface area contributed by atoms with Crippen molar-refractivity contribution in [1.29, 1.82) is 0 Å². The number of aromatic nitrogens is 4. The highest BCUT2D eigenvalue weighted by Crippen LogP contribution is 2.34. The van der Waals surface area contributed by atoms with Crippen molar-refractivity contribution < 1.29 is 13.2 Å². The Balaban J connectivity index is 1.75. The van der Waals surface area contributed by atoms with E-state index < -0.39 is 17.4 Å². The molecule has 26 heavy (non-hydrogen) atoms. The van der Waals surface area contributed by atoms with Gasteiger partial charge in [-0.3, -0.25) is 14.6 Å². The van der Waals surface area contributed by atoms with Crippen LogP contribution in [0.5, 0.6) is 0 Å². The summed E-state index contributed by atoms with van der Waals surface area (Å²) >= 11 is 0. The number of hydrogen-bond donors (Lipinski definition) is 3. The number of halogens is 3. The van der Waals surface area contributed by atoms with E-state index in [2.05, 4.69) is 30.7 Å². The topological polar surface area (TPSA) is 106 Å². The molecule has 0 fully saturated rings. The first kappa shape index (κ1) is 17.9. The van der Waals surface area contributed by atoms with Crippen molar-refractivity contribution in [1.82, 2.24) is 25.1 Å². The molecule has 0 aromatic carbocycles. The lowest BCUT2D eigenvalue weighted by molar-refractivity contribution is -0.100. The zero-order valence-corrected chi connectivity index (χ0v) is 14.0. The van der Waals surface area contributed by atoms with Gasteiger partial charge in [0.15, 0.2) is 0 Å². The first-order chi connectivity index (χ1) is 12.1. The van der Waals surface area contributed by atoms with Crippen LogP contribution in [0.4, 0.5) is 18.9 Å². The quantitative estimate of drug-likeness (QED) is 0.761. The highest BCUT2D eigenvalue weighted by Gasteiger charge is 2.45. The summed E-state index contributed by atoms with van der Waals surface area (Å²) < 4.78 is 40.5. The molecule has 2 aromatic heterocycles. The summed E-state index contributed by atoms with van der Waals surface area (Å²) in [7, 11) is 0. The Bertz CT molecular complexity index is 852. The van der Waals surface area contributed by atoms with Crippen molar-refractivity contribution in [3.8, 4) is 0 Å². The number of aryl methyl sites for hydroxylation is 1. The fraction of sp³-hybridized carbons (Fsp3) is 0.333. The number of alkyl halides is 3. The molecule has 0 saturated carbocycles. The highest BCUT2D eigenvalue weighted by molar-refractivity contribution is 5.95. The molecule has 0 amide bonds. The van der Waals surface area contributed by atoms with Crippen LogP contribution in [0.2, 0.25) is 0 Å². The summed E-state index contributed by atoms with van der Waals surface area (Å²) in [6, 6.07) is 0. The molecule has 1 aliphatic heterocycles. The first-order valence-electron chi connectivity index (χ1n) is 7.64. The predicted octanol–water partition coefficient (Wildman–Crippen LogP) is 1.52. The third-order valence-electron chi connectivity index (χ3n) is 3.69. The van der Waals surface area contributed by atoms with Gasteiger partial charge in [0.1, 0.15) is 5.66 Å². The van der Waals surface area contributed by atoms with E-state index in [1.54, 1.807) is 36.4 Å². The fourth-order valence-electron chi connectivity index (χ4n) is 2.47. The van der Waals surface area contributed by atoms with Gasteiger partial charge >= 0.3 is 6.18 Å². The molecule has 2 aromatic rings. The molecular formula is C15H17F3N8. The van der Waals surface area contributed by atoms with E-state index in [0.717, 1.165) is 11.9 Å². The van der Waals surface area contributed by atoms with Crippen LogP contribution in [0.3, 0.4) is 0 Å². The highest BCUT2D eigenvalue weighted by atomic mass is 19.4. The van der Waals surface area contributed by atoms with Crippen molar-refractivity contribution in [2.24, 2.45) is 10.7 Å². The van der Waals surface area contributed by atoms with Gasteiger partial charge in [0.05, 0.1) is 35.4 Å². The summed E-state index contributed by atoms with van der Waals surface area (Å²) in [6.07, 6.45) is 2.73. The lowest BCUT2D eigenvalue weighted by atomic mass is 10.0. The van der Waals surface area contributed by atoms with Crippen LogP contribution in [0, 0.1) is 6.92 Å². The van der Waals surface area contributed by atoms with E-state index in [9.17, 15) is 13.2 Å². The smallest absolute Gasteiger partial charge is 0.332 e. The van der Waals surface area contributed by atoms with Crippen LogP contribution in [-0.4, -0.2) is 37.5 Å². The number of anilines is 1. The second-order valence-corrected chi connectivity index (χ2v) is 5.96. The first-order valence-corrected chi connectivity index (χ1v) is 7.64. The normalized spacial score (nSPS) is 20.2. The van der Waals surface area contributed by atoms with Crippen LogP contribution in [0.1, 0.15) is 18.3 Å². The van der Waals surface area contributed by atoms with Gasteiger partial charge in [0.2, 0.25) is 5.96 Å². The SMILES string of the molecule is Cc1nn(Cc2cnccn2)cc1NC1=NC(C)(N)C(C(F)(F)F)=CN1. The van der Waals surface area contributed by atoms with E-state index in [0.29, 0.717) is 17.9 Å². The van der Waals surface area contributed by atoms with Crippen LogP contribution in [0.15, 0.2) is 41.6 Å². The Labute approximate surface area is 147 Å². The number of nitrogens with zero attached hydrogens (tertiary/aromatic N) is 5. The molecule has 3 heterocycles. The van der Waals surface area contributed by atoms with Crippen molar-refractivity contribution >= 4 is 11.6 Å². The molecule has 0 bridgehead atoms. The standard InChI is InChI=1S/C15H17F3N8/c1-9-11(8-26(25-9)7-10-5-20-3-4-21-10)23-13-22-6-12(15(16,17)18)14(2,19)24-13/h3-6,8H,7,19H2,1-2H3,(H2,22,23,24). The van der Waals surface area contributed by atoms with Crippen molar-refractivity contribution in [2.75, 3.05) is 5.32 Å². The van der Waals surface area contributed by atoms with E-state index in [4.69, 9.17) is 5.73 Å². The number of rotatable bonds is 3. The second kappa shape index (κ2) is 6.41. The molecule has 1 atom stereocenters. The Morgan fingerprint density at radius 1 is 1.35 bits per heavy atom. The van der Waals surface area contributed by atoms with E-state index in [1.165, 1.54) is 6.92 Å². The summed E-state index contributed by atoms with van der Waals surface area (Å²) in [4.78, 5) is 12.1. The van der Waals surface area contributed by atoms with E-state index in [1.807, 2.05) is 0 Å². The third kappa shape index (κ3) is 3.82. The van der Waals surface area contributed by atoms with E-state index in [-0.39, 0.29) is 5.96 Å². The molecule has 0 radical (unpaired) electrons. The Morgan fingerprint density at radius 3 is 2.73 bits per heavy atom. The molecule has 138 valence electrons. The Kier molecular flexibility index (Phi) is 4.40. The van der Waals surface area contributed by atoms with Gasteiger partial charge in [-0.1, -0.05) is 0 Å². The Hall–Kier alpha value is -2.95. The van der Waals surface area contributed by atoms with Gasteiger partial charge < -0.3 is 16.4 Å². The molecule has 8 nitrogen and oxygen atoms in total. The van der Waals surface area contributed by atoms with Crippen LogP contribution >= 0.6 is 0 Å². The summed E-state index contributed by atoms with van der Waals surface area (Å²) in [5, 5.41) is 9.73. The molecule has 0 saturated heterocycles. The molecule has 0 spiro atoms. The summed E-state index contributed by atoms with van der Waals surface area (Å²) in [5.41, 5.74) is 4.81. The summed E-state index contributed by atoms with van der Waals surface area (Å²) in [5.74, 6) is 0.102. The summed E-state index contributed by atoms with van der Waals surface area (Å²) in [6.45, 7) is 3.36. The van der Waals surface area contributed by atoms with Crippen LogP contribution in [-0.2, 0) is 6.54 Å². The van der Waals surface area contributed by atoms with Gasteiger partial charge in [0, 0.05) is 24.8 Å². The number of hydrogen-bond acceptors (Lipinski definition) is 7. The molecule has 3 rings (SSSR count). The maximum atomic E-state index is 13.0. The molecule has 0 aliphatic carbocycles. The average molecular weight is 366 g/mol. The monoisotopic (exact) mass is 366 g/mol. The maximum Gasteiger partial charge on any atom is 0.417 e. The minimum absolute atomic E-state index is 0.102. The van der Waals surface area contributed by atoms with Crippen molar-refractivity contribution in [2.45, 2.75) is 32.2 Å². The van der Waals surface area contributed by atoms with Gasteiger partial charge in [0.25, 0.3) is 0 Å². The van der Waals surface area contributed by atoms with Crippen molar-refractivity contribution in [3.63, 3.8) is 0 Å². The molecule has 4 N–H and O–H groups in total. The number of nitrogens with one attached hydrogen (secondary N) is 2. The minimum Gasteiger partial charge on any atom is -0.332 e. The van der Waals surface area contributed by atoms with Crippen molar-refractivity contribution in [3.05, 3.63) is 47.9 Å². The lowest BCUT2D eigenvalue weighted by Gasteiger charge is -2.30. The molecule has 11 heteroatoms. The fourth-order valence-corrected chi connectivity index (χ4v) is 2.47. The predicted molar refractivity (Wildman–Crippen MR) is 89.0 cm³/mol. The van der Waals surface area contributed by atoms with E-state index >= 15 is 0 Å². The second-order valence-electron chi connectivity index (χ2n) is 5.96. The zero-order chi connectivity index (χ0) is 18.9. The lowest BCUT2D eigenvalue weighted by Crippen LogP contribution is -2.49. The van der Waals surface area contributed by atoms with Gasteiger partial charge in [-0.05, 0) is 13.8 Å². The van der Waals surface area contributed by atoms with Gasteiger partial charge in [-0.2, -0.15) is 18.3 Å². The van der Waals surface area contributed by atoms with Crippen LogP contribution in [0.25, 0.3) is 0 Å². The van der Waals surface area contributed by atoms with Gasteiger partial charge in [-0.25, -0.2) is 4.99 Å². The van der Waals surface area contributed by atoms with Gasteiger partial charge in [-0.15, -0.1) is 0 Å². The average Bonchev–Trinajstić information content (AvgIpc) is 2.85. The number of aliphatic imine (C=N–C) groups is 1. The number of nitrogens with two attached hydrogens (primary N) is 1. The molecule has 1 unspecified atom stereocenters. The molecule has 1 aliphatic rings. The third-order valence-corrected chi connectivity index (χ3v) is 3.69. The maximum absolute atomic E-state index is 13.0. The largest absolute Gasteiger partial charge is 0.417 e. The molecular weight excluding hydrogens is 349 g/mol. The number of guanidine groups is 1. The van der Waals surface area contributed by atoms with Crippen LogP contribution < -0.4 is 16.4 Å². The minimum atomic E-state index is -4.57. The zero-order valence-electron chi connectivity index (χ0n) is 14.0. The Morgan fingerprint density at radius 2 is 2.12 bits per heavy atom.